The van der Waals surface area contributed by atoms with E-state index < -0.39 is 0 Å². The van der Waals surface area contributed by atoms with Crippen molar-refractivity contribution >= 4 is 22.6 Å². The summed E-state index contributed by atoms with van der Waals surface area (Å²) < 4.78 is 2.22. The van der Waals surface area contributed by atoms with E-state index >= 15 is 0 Å². The number of nitrogens with zero attached hydrogens (tertiary/aromatic N) is 3. The average Bonchev–Trinajstić information content (AvgIpc) is 3.18. The van der Waals surface area contributed by atoms with Crippen molar-refractivity contribution in [2.24, 2.45) is 0 Å². The number of aromatic nitrogens is 2. The van der Waals surface area contributed by atoms with Gasteiger partial charge >= 0.3 is 0 Å². The van der Waals surface area contributed by atoms with Gasteiger partial charge in [-0.2, -0.15) is 0 Å². The SMILES string of the molecule is C=C(C)Cn1c([C@@H]2CC(=O)N(c3cccc(C)c3C)C2)nc2ccccc21. The summed E-state index contributed by atoms with van der Waals surface area (Å²) in [5, 5.41) is 0. The summed E-state index contributed by atoms with van der Waals surface area (Å²) >= 11 is 0. The molecule has 0 N–H and O–H groups in total. The Labute approximate surface area is 160 Å². The fraction of sp³-hybridized carbons (Fsp3) is 0.304. The van der Waals surface area contributed by atoms with Crippen LogP contribution in [0.2, 0.25) is 0 Å². The highest BCUT2D eigenvalue weighted by atomic mass is 16.2. The Morgan fingerprint density at radius 3 is 2.74 bits per heavy atom. The van der Waals surface area contributed by atoms with E-state index in [1.807, 2.05) is 42.2 Å². The molecular formula is C23H25N3O. The molecule has 0 saturated carbocycles. The zero-order chi connectivity index (χ0) is 19.1. The maximum atomic E-state index is 12.8. The number of hydrogen-bond acceptors (Lipinski definition) is 2. The van der Waals surface area contributed by atoms with Crippen molar-refractivity contribution in [2.75, 3.05) is 11.4 Å². The Bertz CT molecular complexity index is 1050. The number of rotatable bonds is 4. The van der Waals surface area contributed by atoms with Gasteiger partial charge in [0.15, 0.2) is 0 Å². The van der Waals surface area contributed by atoms with Gasteiger partial charge in [-0.05, 0) is 50.1 Å². The van der Waals surface area contributed by atoms with Gasteiger partial charge in [-0.1, -0.05) is 36.4 Å². The Balaban J connectivity index is 1.74. The molecule has 1 aliphatic rings. The number of imidazole rings is 1. The highest BCUT2D eigenvalue weighted by Gasteiger charge is 2.35. The van der Waals surface area contributed by atoms with Crippen LogP contribution >= 0.6 is 0 Å². The Morgan fingerprint density at radius 1 is 1.19 bits per heavy atom. The van der Waals surface area contributed by atoms with Gasteiger partial charge in [-0.25, -0.2) is 4.98 Å². The zero-order valence-electron chi connectivity index (χ0n) is 16.2. The molecule has 1 saturated heterocycles. The molecule has 4 nitrogen and oxygen atoms in total. The predicted molar refractivity (Wildman–Crippen MR) is 110 cm³/mol. The highest BCUT2D eigenvalue weighted by Crippen LogP contribution is 2.35. The van der Waals surface area contributed by atoms with E-state index in [9.17, 15) is 4.79 Å². The normalized spacial score (nSPS) is 17.1. The number of benzene rings is 2. The summed E-state index contributed by atoms with van der Waals surface area (Å²) in [6.07, 6.45) is 0.493. The van der Waals surface area contributed by atoms with Crippen molar-refractivity contribution in [3.8, 4) is 0 Å². The van der Waals surface area contributed by atoms with E-state index in [0.717, 1.165) is 34.7 Å². The minimum absolute atomic E-state index is 0.0872. The lowest BCUT2D eigenvalue weighted by Gasteiger charge is -2.20. The molecule has 0 spiro atoms. The van der Waals surface area contributed by atoms with Crippen molar-refractivity contribution in [1.29, 1.82) is 0 Å². The monoisotopic (exact) mass is 359 g/mol. The third kappa shape index (κ3) is 3.05. The van der Waals surface area contributed by atoms with Crippen LogP contribution in [0.3, 0.4) is 0 Å². The smallest absolute Gasteiger partial charge is 0.227 e. The number of anilines is 1. The third-order valence-corrected chi connectivity index (χ3v) is 5.47. The minimum atomic E-state index is 0.0872. The first-order valence-electron chi connectivity index (χ1n) is 9.42. The first-order valence-corrected chi connectivity index (χ1v) is 9.42. The summed E-state index contributed by atoms with van der Waals surface area (Å²) in [7, 11) is 0. The minimum Gasteiger partial charge on any atom is -0.324 e. The molecule has 3 aromatic rings. The molecule has 1 aromatic heterocycles. The Morgan fingerprint density at radius 2 is 1.96 bits per heavy atom. The lowest BCUT2D eigenvalue weighted by molar-refractivity contribution is -0.117. The van der Waals surface area contributed by atoms with Gasteiger partial charge < -0.3 is 9.47 Å². The standard InChI is InChI=1S/C23H25N3O/c1-15(2)13-26-21-10-6-5-9-19(21)24-23(26)18-12-22(27)25(14-18)20-11-7-8-16(3)17(20)4/h5-11,18H,1,12-14H2,2-4H3/t18-/m1/s1. The molecule has 1 atom stereocenters. The van der Waals surface area contributed by atoms with Crippen LogP contribution < -0.4 is 4.90 Å². The molecule has 2 aromatic carbocycles. The van der Waals surface area contributed by atoms with E-state index in [4.69, 9.17) is 4.98 Å². The maximum absolute atomic E-state index is 12.8. The molecule has 0 radical (unpaired) electrons. The van der Waals surface area contributed by atoms with Crippen LogP contribution in [0.25, 0.3) is 11.0 Å². The van der Waals surface area contributed by atoms with Gasteiger partial charge in [0.05, 0.1) is 11.0 Å². The fourth-order valence-corrected chi connectivity index (χ4v) is 3.98. The van der Waals surface area contributed by atoms with Crippen LogP contribution in [-0.2, 0) is 11.3 Å². The molecule has 0 unspecified atom stereocenters. The van der Waals surface area contributed by atoms with Crippen molar-refractivity contribution in [3.63, 3.8) is 0 Å². The molecule has 27 heavy (non-hydrogen) atoms. The van der Waals surface area contributed by atoms with Crippen molar-refractivity contribution in [2.45, 2.75) is 39.7 Å². The first kappa shape index (κ1) is 17.5. The average molecular weight is 359 g/mol. The van der Waals surface area contributed by atoms with E-state index in [1.165, 1.54) is 11.1 Å². The molecule has 1 amide bonds. The Kier molecular flexibility index (Phi) is 4.34. The summed E-state index contributed by atoms with van der Waals surface area (Å²) in [5.41, 5.74) is 6.56. The van der Waals surface area contributed by atoms with Crippen molar-refractivity contribution in [3.05, 3.63) is 71.6 Å². The number of carbonyl (C=O) groups is 1. The van der Waals surface area contributed by atoms with Crippen LogP contribution in [0.1, 0.15) is 36.2 Å². The van der Waals surface area contributed by atoms with E-state index in [2.05, 4.69) is 37.1 Å². The fourth-order valence-electron chi connectivity index (χ4n) is 3.98. The second kappa shape index (κ2) is 6.69. The van der Waals surface area contributed by atoms with Gasteiger partial charge in [-0.15, -0.1) is 0 Å². The number of aryl methyl sites for hydroxylation is 1. The van der Waals surface area contributed by atoms with Crippen molar-refractivity contribution < 1.29 is 4.79 Å². The Hall–Kier alpha value is -2.88. The summed E-state index contributed by atoms with van der Waals surface area (Å²) in [6, 6.07) is 14.3. The molecule has 4 heteroatoms. The van der Waals surface area contributed by atoms with Gasteiger partial charge in [0, 0.05) is 31.1 Å². The van der Waals surface area contributed by atoms with Crippen LogP contribution in [0.5, 0.6) is 0 Å². The van der Waals surface area contributed by atoms with Gasteiger partial charge in [0.1, 0.15) is 5.82 Å². The van der Waals surface area contributed by atoms with Gasteiger partial charge in [-0.3, -0.25) is 4.79 Å². The van der Waals surface area contributed by atoms with Crippen LogP contribution in [-0.4, -0.2) is 22.0 Å². The number of allylic oxidation sites excluding steroid dienone is 1. The highest BCUT2D eigenvalue weighted by molar-refractivity contribution is 5.97. The molecule has 0 bridgehead atoms. The first-order chi connectivity index (χ1) is 13.0. The molecular weight excluding hydrogens is 334 g/mol. The maximum Gasteiger partial charge on any atom is 0.227 e. The topological polar surface area (TPSA) is 38.1 Å². The lowest BCUT2D eigenvalue weighted by Crippen LogP contribution is -2.25. The van der Waals surface area contributed by atoms with E-state index in [-0.39, 0.29) is 11.8 Å². The summed E-state index contributed by atoms with van der Waals surface area (Å²) in [4.78, 5) is 19.7. The van der Waals surface area contributed by atoms with Gasteiger partial charge in [0.25, 0.3) is 0 Å². The number of fused-ring (bicyclic) bond motifs is 1. The number of para-hydroxylation sites is 2. The second-order valence-electron chi connectivity index (χ2n) is 7.63. The lowest BCUT2D eigenvalue weighted by atomic mass is 10.1. The number of amides is 1. The predicted octanol–water partition coefficient (Wildman–Crippen LogP) is 4.75. The number of carbonyl (C=O) groups excluding carboxylic acids is 1. The van der Waals surface area contributed by atoms with Crippen LogP contribution in [0.4, 0.5) is 5.69 Å². The second-order valence-corrected chi connectivity index (χ2v) is 7.63. The molecule has 4 rings (SSSR count). The van der Waals surface area contributed by atoms with Crippen LogP contribution in [0, 0.1) is 13.8 Å². The largest absolute Gasteiger partial charge is 0.324 e. The van der Waals surface area contributed by atoms with E-state index in [0.29, 0.717) is 13.0 Å². The quantitative estimate of drug-likeness (QED) is 0.631. The number of hydrogen-bond donors (Lipinski definition) is 0. The van der Waals surface area contributed by atoms with E-state index in [1.54, 1.807) is 0 Å². The zero-order valence-corrected chi connectivity index (χ0v) is 16.2. The molecule has 2 heterocycles. The van der Waals surface area contributed by atoms with Crippen molar-refractivity contribution in [1.82, 2.24) is 9.55 Å². The third-order valence-electron chi connectivity index (χ3n) is 5.47. The molecule has 1 aliphatic heterocycles. The molecule has 138 valence electrons. The summed E-state index contributed by atoms with van der Waals surface area (Å²) in [6.45, 7) is 11.7. The van der Waals surface area contributed by atoms with Crippen LogP contribution in [0.15, 0.2) is 54.6 Å². The van der Waals surface area contributed by atoms with Gasteiger partial charge in [0.2, 0.25) is 5.91 Å². The molecule has 0 aliphatic carbocycles. The molecule has 1 fully saturated rings. The summed E-state index contributed by atoms with van der Waals surface area (Å²) in [5.74, 6) is 1.24.